The third kappa shape index (κ3) is 1.80. The van der Waals surface area contributed by atoms with Crippen LogP contribution in [-0.4, -0.2) is 0 Å². The van der Waals surface area contributed by atoms with Gasteiger partial charge in [0.15, 0.2) is 0 Å². The van der Waals surface area contributed by atoms with Gasteiger partial charge in [0.2, 0.25) is 0 Å². The van der Waals surface area contributed by atoms with Crippen molar-refractivity contribution in [1.82, 2.24) is 0 Å². The molecule has 0 aliphatic rings. The Labute approximate surface area is 76.5 Å². The molecule has 0 nitrogen and oxygen atoms in total. The van der Waals surface area contributed by atoms with Crippen LogP contribution in [0.15, 0.2) is 22.7 Å². The SMILES string of the molecule is FCc1c(Br)cccc1C(F)F. The van der Waals surface area contributed by atoms with E-state index < -0.39 is 13.1 Å². The zero-order chi connectivity index (χ0) is 9.14. The van der Waals surface area contributed by atoms with Gasteiger partial charge in [-0.2, -0.15) is 0 Å². The van der Waals surface area contributed by atoms with Crippen molar-refractivity contribution in [3.8, 4) is 0 Å². The van der Waals surface area contributed by atoms with Crippen molar-refractivity contribution in [2.45, 2.75) is 13.1 Å². The van der Waals surface area contributed by atoms with Gasteiger partial charge >= 0.3 is 0 Å². The van der Waals surface area contributed by atoms with E-state index in [1.165, 1.54) is 12.1 Å². The predicted octanol–water partition coefficient (Wildman–Crippen LogP) is 3.86. The summed E-state index contributed by atoms with van der Waals surface area (Å²) in [4.78, 5) is 0. The fourth-order valence-electron chi connectivity index (χ4n) is 0.921. The maximum Gasteiger partial charge on any atom is 0.264 e. The summed E-state index contributed by atoms with van der Waals surface area (Å²) in [5, 5.41) is 0. The normalized spacial score (nSPS) is 10.8. The zero-order valence-corrected chi connectivity index (χ0v) is 7.61. The summed E-state index contributed by atoms with van der Waals surface area (Å²) in [5.74, 6) is 0. The quantitative estimate of drug-likeness (QED) is 0.735. The molecule has 0 fully saturated rings. The van der Waals surface area contributed by atoms with Gasteiger partial charge in [-0.3, -0.25) is 0 Å². The van der Waals surface area contributed by atoms with Crippen molar-refractivity contribution in [1.29, 1.82) is 0 Å². The number of benzene rings is 1. The molecule has 4 heteroatoms. The fourth-order valence-corrected chi connectivity index (χ4v) is 1.41. The van der Waals surface area contributed by atoms with Gasteiger partial charge in [0.25, 0.3) is 6.43 Å². The third-order valence-corrected chi connectivity index (χ3v) is 2.27. The second-order valence-electron chi connectivity index (χ2n) is 2.24. The first-order chi connectivity index (χ1) is 5.66. The van der Waals surface area contributed by atoms with Gasteiger partial charge < -0.3 is 0 Å². The average molecular weight is 239 g/mol. The van der Waals surface area contributed by atoms with Crippen LogP contribution in [0.2, 0.25) is 0 Å². The molecule has 66 valence electrons. The van der Waals surface area contributed by atoms with Gasteiger partial charge in [-0.05, 0) is 6.07 Å². The van der Waals surface area contributed by atoms with Crippen LogP contribution in [0.4, 0.5) is 13.2 Å². The maximum absolute atomic E-state index is 12.2. The molecule has 1 aromatic rings. The van der Waals surface area contributed by atoms with Crippen LogP contribution in [0, 0.1) is 0 Å². The van der Waals surface area contributed by atoms with Gasteiger partial charge in [-0.1, -0.05) is 28.1 Å². The maximum atomic E-state index is 12.2. The molecule has 0 aliphatic carbocycles. The van der Waals surface area contributed by atoms with Gasteiger partial charge in [-0.15, -0.1) is 0 Å². The highest BCUT2D eigenvalue weighted by Crippen LogP contribution is 2.28. The lowest BCUT2D eigenvalue weighted by molar-refractivity contribution is 0.149. The van der Waals surface area contributed by atoms with Crippen molar-refractivity contribution >= 4 is 15.9 Å². The average Bonchev–Trinajstić information content (AvgIpc) is 2.03. The van der Waals surface area contributed by atoms with E-state index in [0.29, 0.717) is 4.47 Å². The summed E-state index contributed by atoms with van der Waals surface area (Å²) in [6, 6.07) is 4.23. The Morgan fingerprint density at radius 1 is 1.33 bits per heavy atom. The van der Waals surface area contributed by atoms with Crippen LogP contribution in [0.1, 0.15) is 17.6 Å². The summed E-state index contributed by atoms with van der Waals surface area (Å²) in [6.07, 6.45) is -2.62. The van der Waals surface area contributed by atoms with Crippen LogP contribution < -0.4 is 0 Å². The molecule has 0 amide bonds. The van der Waals surface area contributed by atoms with E-state index in [1.807, 2.05) is 0 Å². The molecule has 12 heavy (non-hydrogen) atoms. The lowest BCUT2D eigenvalue weighted by Gasteiger charge is -2.06. The van der Waals surface area contributed by atoms with E-state index in [9.17, 15) is 13.2 Å². The second kappa shape index (κ2) is 3.94. The van der Waals surface area contributed by atoms with E-state index in [-0.39, 0.29) is 11.1 Å². The van der Waals surface area contributed by atoms with E-state index in [2.05, 4.69) is 15.9 Å². The Balaban J connectivity index is 3.18. The van der Waals surface area contributed by atoms with Gasteiger partial charge in [0, 0.05) is 15.6 Å². The van der Waals surface area contributed by atoms with Crippen LogP contribution in [0.5, 0.6) is 0 Å². The predicted molar refractivity (Wildman–Crippen MR) is 43.9 cm³/mol. The first-order valence-electron chi connectivity index (χ1n) is 3.28. The van der Waals surface area contributed by atoms with E-state index in [4.69, 9.17) is 0 Å². The third-order valence-electron chi connectivity index (χ3n) is 1.52. The molecule has 0 saturated carbocycles. The van der Waals surface area contributed by atoms with E-state index >= 15 is 0 Å². The van der Waals surface area contributed by atoms with Gasteiger partial charge in [0.1, 0.15) is 6.67 Å². The first kappa shape index (κ1) is 9.58. The Hall–Kier alpha value is -0.510. The Bertz CT molecular complexity index is 273. The van der Waals surface area contributed by atoms with Gasteiger partial charge in [-0.25, -0.2) is 13.2 Å². The van der Waals surface area contributed by atoms with Crippen LogP contribution in [-0.2, 0) is 6.67 Å². The van der Waals surface area contributed by atoms with Crippen LogP contribution in [0.25, 0.3) is 0 Å². The lowest BCUT2D eigenvalue weighted by atomic mass is 10.1. The zero-order valence-electron chi connectivity index (χ0n) is 6.03. The van der Waals surface area contributed by atoms with Crippen LogP contribution in [0.3, 0.4) is 0 Å². The molecule has 0 N–H and O–H groups in total. The molecule has 0 bridgehead atoms. The molecular formula is C8H6BrF3. The Morgan fingerprint density at radius 3 is 2.42 bits per heavy atom. The Kier molecular flexibility index (Phi) is 3.14. The molecule has 1 rings (SSSR count). The lowest BCUT2D eigenvalue weighted by Crippen LogP contribution is -1.93. The molecule has 0 atom stereocenters. The molecule has 0 aromatic heterocycles. The van der Waals surface area contributed by atoms with Crippen molar-refractivity contribution in [2.24, 2.45) is 0 Å². The molecule has 1 aromatic carbocycles. The summed E-state index contributed by atoms with van der Waals surface area (Å²) in [6.45, 7) is -0.874. The summed E-state index contributed by atoms with van der Waals surface area (Å²) in [5.41, 5.74) is -0.209. The number of alkyl halides is 3. The number of hydrogen-bond acceptors (Lipinski definition) is 0. The number of rotatable bonds is 2. The molecule has 0 radical (unpaired) electrons. The van der Waals surface area contributed by atoms with Gasteiger partial charge in [0.05, 0.1) is 0 Å². The Morgan fingerprint density at radius 2 is 2.00 bits per heavy atom. The highest BCUT2D eigenvalue weighted by Gasteiger charge is 2.14. The van der Waals surface area contributed by atoms with Crippen molar-refractivity contribution in [3.05, 3.63) is 33.8 Å². The smallest absolute Gasteiger partial charge is 0.246 e. The summed E-state index contributed by atoms with van der Waals surface area (Å²) in [7, 11) is 0. The fraction of sp³-hybridized carbons (Fsp3) is 0.250. The number of halogens is 4. The highest BCUT2D eigenvalue weighted by molar-refractivity contribution is 9.10. The summed E-state index contributed by atoms with van der Waals surface area (Å²) >= 11 is 3.00. The minimum absolute atomic E-state index is 0.0347. The van der Waals surface area contributed by atoms with Crippen LogP contribution >= 0.6 is 15.9 Å². The highest BCUT2D eigenvalue weighted by atomic mass is 79.9. The van der Waals surface area contributed by atoms with E-state index in [0.717, 1.165) is 0 Å². The topological polar surface area (TPSA) is 0 Å². The van der Waals surface area contributed by atoms with Crippen molar-refractivity contribution in [2.75, 3.05) is 0 Å². The van der Waals surface area contributed by atoms with Crippen molar-refractivity contribution < 1.29 is 13.2 Å². The standard InChI is InChI=1S/C8H6BrF3/c9-7-3-1-2-5(8(11)12)6(7)4-10/h1-3,8H,4H2. The molecular weight excluding hydrogens is 233 g/mol. The molecule has 0 unspecified atom stereocenters. The van der Waals surface area contributed by atoms with Crippen molar-refractivity contribution in [3.63, 3.8) is 0 Å². The summed E-state index contributed by atoms with van der Waals surface area (Å²) < 4.78 is 37.0. The van der Waals surface area contributed by atoms with E-state index in [1.54, 1.807) is 6.07 Å². The number of hydrogen-bond donors (Lipinski definition) is 0. The molecule has 0 saturated heterocycles. The molecule has 0 heterocycles. The second-order valence-corrected chi connectivity index (χ2v) is 3.10. The molecule has 0 aliphatic heterocycles. The molecule has 0 spiro atoms. The first-order valence-corrected chi connectivity index (χ1v) is 4.07. The minimum Gasteiger partial charge on any atom is -0.246 e. The monoisotopic (exact) mass is 238 g/mol. The largest absolute Gasteiger partial charge is 0.264 e. The minimum atomic E-state index is -2.62.